The summed E-state index contributed by atoms with van der Waals surface area (Å²) in [6.07, 6.45) is 2.93. The summed E-state index contributed by atoms with van der Waals surface area (Å²) in [7, 11) is 0. The molecule has 1 aromatic heterocycles. The summed E-state index contributed by atoms with van der Waals surface area (Å²) in [6, 6.07) is 16.4. The van der Waals surface area contributed by atoms with Gasteiger partial charge >= 0.3 is 6.03 Å². The Bertz CT molecular complexity index is 912. The Morgan fingerprint density at radius 1 is 1.17 bits per heavy atom. The van der Waals surface area contributed by atoms with Crippen LogP contribution in [0.2, 0.25) is 0 Å². The third-order valence-electron chi connectivity index (χ3n) is 4.80. The van der Waals surface area contributed by atoms with Gasteiger partial charge in [-0.15, -0.1) is 0 Å². The molecule has 2 amide bonds. The van der Waals surface area contributed by atoms with Gasteiger partial charge in [-0.3, -0.25) is 4.90 Å². The smallest absolute Gasteiger partial charge is 0.326 e. The number of benzene rings is 2. The Morgan fingerprint density at radius 2 is 1.92 bits per heavy atom. The van der Waals surface area contributed by atoms with E-state index < -0.39 is 0 Å². The zero-order valence-electron chi connectivity index (χ0n) is 14.0. The van der Waals surface area contributed by atoms with Crippen molar-refractivity contribution in [2.75, 3.05) is 10.2 Å². The molecule has 0 spiro atoms. The monoisotopic (exact) mass is 319 g/mol. The van der Waals surface area contributed by atoms with Crippen molar-refractivity contribution in [3.05, 3.63) is 60.3 Å². The maximum atomic E-state index is 12.9. The SMILES string of the molecule is CCn1cc(NC(=O)N2c3ccccc3CC2C)c2ccccc21. The van der Waals surface area contributed by atoms with Crippen molar-refractivity contribution in [1.82, 2.24) is 4.57 Å². The number of aromatic nitrogens is 1. The number of para-hydroxylation sites is 2. The minimum atomic E-state index is -0.0635. The summed E-state index contributed by atoms with van der Waals surface area (Å²) in [4.78, 5) is 14.8. The lowest BCUT2D eigenvalue weighted by Crippen LogP contribution is -2.39. The molecule has 122 valence electrons. The molecular weight excluding hydrogens is 298 g/mol. The van der Waals surface area contributed by atoms with Gasteiger partial charge in [0.15, 0.2) is 0 Å². The van der Waals surface area contributed by atoms with E-state index in [1.165, 1.54) is 5.56 Å². The van der Waals surface area contributed by atoms with Crippen LogP contribution in [0.4, 0.5) is 16.2 Å². The van der Waals surface area contributed by atoms with Gasteiger partial charge in [0.05, 0.1) is 11.2 Å². The van der Waals surface area contributed by atoms with Crippen LogP contribution in [0.25, 0.3) is 10.9 Å². The molecule has 2 aromatic carbocycles. The standard InChI is InChI=1S/C20H21N3O/c1-3-22-13-17(16-9-5-7-11-19(16)22)21-20(24)23-14(2)12-15-8-4-6-10-18(15)23/h4-11,13-14H,3,12H2,1-2H3,(H,21,24). The fourth-order valence-corrected chi connectivity index (χ4v) is 3.66. The average Bonchev–Trinajstić information content (AvgIpc) is 3.12. The number of urea groups is 1. The molecule has 0 saturated heterocycles. The van der Waals surface area contributed by atoms with Gasteiger partial charge in [-0.25, -0.2) is 4.79 Å². The number of nitrogens with one attached hydrogen (secondary N) is 1. The third-order valence-corrected chi connectivity index (χ3v) is 4.80. The first-order chi connectivity index (χ1) is 11.7. The molecule has 0 bridgehead atoms. The second-order valence-electron chi connectivity index (χ2n) is 6.33. The molecule has 1 aliphatic rings. The molecule has 1 unspecified atom stereocenters. The fourth-order valence-electron chi connectivity index (χ4n) is 3.66. The normalized spacial score (nSPS) is 16.4. The van der Waals surface area contributed by atoms with E-state index in [4.69, 9.17) is 0 Å². The first-order valence-corrected chi connectivity index (χ1v) is 8.45. The van der Waals surface area contributed by atoms with Gasteiger partial charge in [-0.05, 0) is 38.0 Å². The number of carbonyl (C=O) groups excluding carboxylic acids is 1. The maximum absolute atomic E-state index is 12.9. The van der Waals surface area contributed by atoms with Crippen molar-refractivity contribution in [1.29, 1.82) is 0 Å². The summed E-state index contributed by atoms with van der Waals surface area (Å²) in [5, 5.41) is 4.20. The number of carbonyl (C=O) groups is 1. The van der Waals surface area contributed by atoms with E-state index in [0.717, 1.165) is 35.2 Å². The van der Waals surface area contributed by atoms with Gasteiger partial charge in [0.25, 0.3) is 0 Å². The molecule has 3 aromatic rings. The number of hydrogen-bond donors (Lipinski definition) is 1. The number of anilines is 2. The van der Waals surface area contributed by atoms with Crippen molar-refractivity contribution in [2.24, 2.45) is 0 Å². The molecule has 4 heteroatoms. The Labute approximate surface area is 141 Å². The number of amides is 2. The highest BCUT2D eigenvalue weighted by Gasteiger charge is 2.30. The van der Waals surface area contributed by atoms with Crippen molar-refractivity contribution in [3.8, 4) is 0 Å². The molecule has 4 nitrogen and oxygen atoms in total. The van der Waals surface area contributed by atoms with E-state index in [9.17, 15) is 4.79 Å². The fraction of sp³-hybridized carbons (Fsp3) is 0.250. The largest absolute Gasteiger partial charge is 0.346 e. The Kier molecular flexibility index (Phi) is 3.53. The minimum Gasteiger partial charge on any atom is -0.346 e. The number of hydrogen-bond acceptors (Lipinski definition) is 1. The molecule has 0 saturated carbocycles. The minimum absolute atomic E-state index is 0.0635. The van der Waals surface area contributed by atoms with Gasteiger partial charge < -0.3 is 9.88 Å². The Hall–Kier alpha value is -2.75. The Morgan fingerprint density at radius 3 is 2.75 bits per heavy atom. The van der Waals surface area contributed by atoms with Crippen LogP contribution < -0.4 is 10.2 Å². The molecule has 4 rings (SSSR count). The van der Waals surface area contributed by atoms with Gasteiger partial charge in [0.1, 0.15) is 0 Å². The molecule has 1 atom stereocenters. The molecule has 1 N–H and O–H groups in total. The van der Waals surface area contributed by atoms with E-state index in [1.807, 2.05) is 41.4 Å². The zero-order valence-corrected chi connectivity index (χ0v) is 14.0. The second-order valence-corrected chi connectivity index (χ2v) is 6.33. The lowest BCUT2D eigenvalue weighted by atomic mass is 10.1. The van der Waals surface area contributed by atoms with Gasteiger partial charge in [0.2, 0.25) is 0 Å². The van der Waals surface area contributed by atoms with Crippen molar-refractivity contribution < 1.29 is 4.79 Å². The summed E-state index contributed by atoms with van der Waals surface area (Å²) in [6.45, 7) is 5.07. The topological polar surface area (TPSA) is 37.3 Å². The van der Waals surface area contributed by atoms with E-state index in [0.29, 0.717) is 0 Å². The lowest BCUT2D eigenvalue weighted by Gasteiger charge is -2.22. The maximum Gasteiger partial charge on any atom is 0.326 e. The second kappa shape index (κ2) is 5.71. The molecular formula is C20H21N3O. The number of nitrogens with zero attached hydrogens (tertiary/aromatic N) is 2. The van der Waals surface area contributed by atoms with Gasteiger partial charge in [-0.1, -0.05) is 36.4 Å². The summed E-state index contributed by atoms with van der Waals surface area (Å²) < 4.78 is 2.16. The van der Waals surface area contributed by atoms with Crippen LogP contribution in [0.1, 0.15) is 19.4 Å². The number of aryl methyl sites for hydroxylation is 1. The van der Waals surface area contributed by atoms with Gasteiger partial charge in [-0.2, -0.15) is 0 Å². The first kappa shape index (κ1) is 14.8. The molecule has 0 fully saturated rings. The molecule has 24 heavy (non-hydrogen) atoms. The molecule has 0 radical (unpaired) electrons. The molecule has 0 aliphatic carbocycles. The van der Waals surface area contributed by atoms with Crippen LogP contribution in [-0.4, -0.2) is 16.6 Å². The molecule has 2 heterocycles. The quantitative estimate of drug-likeness (QED) is 0.734. The summed E-state index contributed by atoms with van der Waals surface area (Å²) in [5.74, 6) is 0. The van der Waals surface area contributed by atoms with Gasteiger partial charge in [0, 0.05) is 29.9 Å². The van der Waals surface area contributed by atoms with Crippen molar-refractivity contribution in [3.63, 3.8) is 0 Å². The third kappa shape index (κ3) is 2.26. The van der Waals surface area contributed by atoms with Crippen LogP contribution in [-0.2, 0) is 13.0 Å². The zero-order chi connectivity index (χ0) is 16.7. The highest BCUT2D eigenvalue weighted by atomic mass is 16.2. The summed E-state index contributed by atoms with van der Waals surface area (Å²) in [5.41, 5.74) is 4.26. The summed E-state index contributed by atoms with van der Waals surface area (Å²) >= 11 is 0. The Balaban J connectivity index is 1.68. The number of fused-ring (bicyclic) bond motifs is 2. The van der Waals surface area contributed by atoms with Crippen molar-refractivity contribution in [2.45, 2.75) is 32.9 Å². The average molecular weight is 319 g/mol. The van der Waals surface area contributed by atoms with Crippen LogP contribution in [0.15, 0.2) is 54.7 Å². The van der Waals surface area contributed by atoms with Crippen LogP contribution in [0.3, 0.4) is 0 Å². The van der Waals surface area contributed by atoms with E-state index in [1.54, 1.807) is 0 Å². The van der Waals surface area contributed by atoms with Crippen molar-refractivity contribution >= 4 is 28.3 Å². The highest BCUT2D eigenvalue weighted by molar-refractivity contribution is 6.08. The highest BCUT2D eigenvalue weighted by Crippen LogP contribution is 2.33. The number of rotatable bonds is 2. The van der Waals surface area contributed by atoms with Crippen LogP contribution >= 0.6 is 0 Å². The van der Waals surface area contributed by atoms with E-state index in [2.05, 4.69) is 41.9 Å². The first-order valence-electron chi connectivity index (χ1n) is 8.45. The molecule has 1 aliphatic heterocycles. The predicted octanol–water partition coefficient (Wildman–Crippen LogP) is 4.64. The van der Waals surface area contributed by atoms with E-state index in [-0.39, 0.29) is 12.1 Å². The van der Waals surface area contributed by atoms with E-state index >= 15 is 0 Å². The van der Waals surface area contributed by atoms with Crippen LogP contribution in [0, 0.1) is 0 Å². The van der Waals surface area contributed by atoms with Crippen LogP contribution in [0.5, 0.6) is 0 Å². The lowest BCUT2D eigenvalue weighted by molar-refractivity contribution is 0.256. The predicted molar refractivity (Wildman–Crippen MR) is 98.7 cm³/mol.